The van der Waals surface area contributed by atoms with E-state index in [2.05, 4.69) is 52.8 Å². The summed E-state index contributed by atoms with van der Waals surface area (Å²) in [6.07, 6.45) is 5.78. The van der Waals surface area contributed by atoms with Gasteiger partial charge in [0.2, 0.25) is 17.7 Å². The zero-order valence-electron chi connectivity index (χ0n) is 56.1. The van der Waals surface area contributed by atoms with E-state index in [9.17, 15) is 43.5 Å². The number of amides is 8. The number of nitrogens with zero attached hydrogens (tertiary/aromatic N) is 5. The largest absolute Gasteiger partial charge is 0.493 e. The number of hydrogen-bond donors (Lipinski definition) is 4. The lowest BCUT2D eigenvalue weighted by atomic mass is 10.0. The lowest BCUT2D eigenvalue weighted by Gasteiger charge is -2.31. The molecule has 8 amide bonds. The summed E-state index contributed by atoms with van der Waals surface area (Å²) in [6, 6.07) is 9.94. The molecule has 28 nitrogen and oxygen atoms in total. The molecule has 0 aliphatic carbocycles. The molecule has 0 saturated heterocycles. The summed E-state index contributed by atoms with van der Waals surface area (Å²) in [6.45, 7) is 12.9. The predicted molar refractivity (Wildman–Crippen MR) is 365 cm³/mol. The van der Waals surface area contributed by atoms with Crippen molar-refractivity contribution in [3.8, 4) is 23.0 Å². The van der Waals surface area contributed by atoms with Gasteiger partial charge in [-0.1, -0.05) is 37.1 Å². The van der Waals surface area contributed by atoms with E-state index in [1.54, 1.807) is 67.6 Å². The number of rotatable bonds is 39. The third kappa shape index (κ3) is 20.4. The number of carbonyl (C=O) groups excluding carboxylic acids is 8. The summed E-state index contributed by atoms with van der Waals surface area (Å²) in [4.78, 5) is 115. The number of ether oxygens (including phenoxy) is 11. The molecule has 5 atom stereocenters. The van der Waals surface area contributed by atoms with Crippen LogP contribution in [0, 0.1) is 5.92 Å². The van der Waals surface area contributed by atoms with Crippen molar-refractivity contribution in [2.75, 3.05) is 123 Å². The number of aliphatic imine (C=N–C) groups is 1. The Morgan fingerprint density at radius 3 is 1.72 bits per heavy atom. The van der Waals surface area contributed by atoms with Crippen LogP contribution in [0.2, 0.25) is 0 Å². The molecular weight excluding hydrogens is 1410 g/mol. The van der Waals surface area contributed by atoms with Gasteiger partial charge < -0.3 is 83.0 Å². The molecule has 0 radical (unpaired) electrons. The molecule has 4 N–H and O–H groups in total. The van der Waals surface area contributed by atoms with Gasteiger partial charge in [0.25, 0.3) is 23.6 Å². The first-order chi connectivity index (χ1) is 47.2. The molecule has 0 aromatic heterocycles. The number of fused-ring (bicyclic) bond motifs is 4. The van der Waals surface area contributed by atoms with Crippen LogP contribution in [0.5, 0.6) is 23.0 Å². The number of carbonyl (C=O) groups is 8. The molecule has 532 valence electrons. The fraction of sp³-hybridized carbons (Fsp3) is 0.515. The van der Waals surface area contributed by atoms with Crippen molar-refractivity contribution in [1.82, 2.24) is 25.3 Å². The number of hydrogen-bond acceptors (Lipinski definition) is 21. The number of anilines is 2. The third-order valence-corrected chi connectivity index (χ3v) is 18.2. The van der Waals surface area contributed by atoms with Gasteiger partial charge in [0, 0.05) is 42.9 Å². The fourth-order valence-corrected chi connectivity index (χ4v) is 11.7. The van der Waals surface area contributed by atoms with Gasteiger partial charge >= 0.3 is 6.09 Å². The van der Waals surface area contributed by atoms with Crippen LogP contribution in [0.25, 0.3) is 0 Å². The molecular formula is C68H86Br2N8O20. The van der Waals surface area contributed by atoms with Crippen LogP contribution in [0.15, 0.2) is 86.0 Å². The second-order valence-corrected chi connectivity index (χ2v) is 25.4. The Morgan fingerprint density at radius 1 is 0.612 bits per heavy atom. The summed E-state index contributed by atoms with van der Waals surface area (Å²) in [5, 5.41) is 20.1. The minimum Gasteiger partial charge on any atom is -0.493 e. The van der Waals surface area contributed by atoms with Crippen LogP contribution in [-0.4, -0.2) is 217 Å². The molecule has 5 aliphatic rings. The van der Waals surface area contributed by atoms with Crippen LogP contribution in [0.4, 0.5) is 21.9 Å². The quantitative estimate of drug-likeness (QED) is 0.0324. The average Bonchev–Trinajstić information content (AvgIpc) is 1.60. The number of unbranched alkanes of at least 4 members (excludes halogenated alkanes) is 2. The normalized spacial score (nSPS) is 17.8. The van der Waals surface area contributed by atoms with E-state index in [1.165, 1.54) is 38.2 Å². The number of methoxy groups -OCH3 is 2. The van der Waals surface area contributed by atoms with Crippen LogP contribution in [0.1, 0.15) is 99.4 Å². The van der Waals surface area contributed by atoms with E-state index < -0.39 is 65.9 Å². The highest BCUT2D eigenvalue weighted by Gasteiger charge is 2.45. The summed E-state index contributed by atoms with van der Waals surface area (Å²) < 4.78 is 62.9. The third-order valence-electron chi connectivity index (χ3n) is 16.2. The molecule has 98 heavy (non-hydrogen) atoms. The Balaban J connectivity index is 0.705. The van der Waals surface area contributed by atoms with Crippen molar-refractivity contribution >= 4 is 103 Å². The van der Waals surface area contributed by atoms with Gasteiger partial charge in [-0.15, -0.1) is 0 Å². The molecule has 0 bridgehead atoms. The van der Waals surface area contributed by atoms with E-state index in [4.69, 9.17) is 52.1 Å². The number of aliphatic hydroxyl groups excluding tert-OH is 1. The van der Waals surface area contributed by atoms with Crippen molar-refractivity contribution in [2.45, 2.75) is 110 Å². The molecule has 3 aromatic carbocycles. The second-order valence-electron chi connectivity index (χ2n) is 23.9. The number of nitrogens with one attached hydrogen (secondary N) is 3. The van der Waals surface area contributed by atoms with Crippen molar-refractivity contribution in [1.29, 1.82) is 0 Å². The zero-order chi connectivity index (χ0) is 70.4. The van der Waals surface area contributed by atoms with Gasteiger partial charge in [0.15, 0.2) is 29.2 Å². The maximum Gasteiger partial charge on any atom is 0.416 e. The van der Waals surface area contributed by atoms with Crippen molar-refractivity contribution < 1.29 is 95.6 Å². The van der Waals surface area contributed by atoms with Crippen LogP contribution >= 0.6 is 31.9 Å². The minimum atomic E-state index is -1.53. The Labute approximate surface area is 585 Å². The maximum atomic E-state index is 14.3. The maximum absolute atomic E-state index is 14.3. The number of halogens is 2. The summed E-state index contributed by atoms with van der Waals surface area (Å²) in [5.41, 5.74) is 3.92. The van der Waals surface area contributed by atoms with E-state index in [-0.39, 0.29) is 102 Å². The summed E-state index contributed by atoms with van der Waals surface area (Å²) in [5.74, 6) is -1.87. The highest BCUT2D eigenvalue weighted by atomic mass is 79.9. The predicted octanol–water partition coefficient (Wildman–Crippen LogP) is 7.20. The first-order valence-corrected chi connectivity index (χ1v) is 34.0. The van der Waals surface area contributed by atoms with Crippen LogP contribution in [0.3, 0.4) is 0 Å². The molecule has 5 heterocycles. The molecule has 0 unspecified atom stereocenters. The number of imide groups is 1. The van der Waals surface area contributed by atoms with Gasteiger partial charge in [-0.25, -0.2) is 9.69 Å². The first-order valence-electron chi connectivity index (χ1n) is 32.4. The number of benzene rings is 3. The van der Waals surface area contributed by atoms with Crippen molar-refractivity contribution in [3.05, 3.63) is 97.7 Å². The van der Waals surface area contributed by atoms with Crippen molar-refractivity contribution in [2.24, 2.45) is 10.9 Å². The smallest absolute Gasteiger partial charge is 0.416 e. The van der Waals surface area contributed by atoms with Gasteiger partial charge in [-0.3, -0.25) is 43.5 Å². The molecule has 0 fully saturated rings. The minimum absolute atomic E-state index is 0.0144. The highest BCUT2D eigenvalue weighted by molar-refractivity contribution is 9.14. The standard InChI is InChI=1S/C68H86Br2N8O20/c1-41(2)60(74-57(79)15-19-90-21-23-92-25-27-94-29-30-95-28-26-93-24-22-91-20-16-75-66(85)58(69)59(70)67(75)86)62(81)72-44(5)61(80)73-46-13-11-45(12-14-46)40-98-68(87)78-51-36-56(54(89-7)34-49(51)64(83)77-39-43(4)32-52(77)65(78)84)97-18-10-8-9-17-96-55-35-50-48(33-53(55)88-6)63(82)76-38-42(3)31-47(76)37-71-50/h11-14,33-39,41,44,47,52,60,65,84H,8-10,15-32,40H2,1-7H3,(H,72,81)(H,73,80)(H,74,79)/t44-,47-,52-,60-,65-/m0/s1. The summed E-state index contributed by atoms with van der Waals surface area (Å²) in [7, 11) is 2.96. The molecule has 30 heteroatoms. The lowest BCUT2D eigenvalue weighted by Crippen LogP contribution is -2.53. The molecule has 5 aliphatic heterocycles. The molecule has 0 spiro atoms. The molecule has 0 saturated carbocycles. The molecule has 8 rings (SSSR count). The van der Waals surface area contributed by atoms with Gasteiger partial charge in [-0.05, 0) is 120 Å². The molecule has 3 aromatic rings. The van der Waals surface area contributed by atoms with Crippen LogP contribution < -0.4 is 39.8 Å². The highest BCUT2D eigenvalue weighted by Crippen LogP contribution is 2.43. The van der Waals surface area contributed by atoms with E-state index in [0.717, 1.165) is 27.4 Å². The Hall–Kier alpha value is -7.81. The zero-order valence-corrected chi connectivity index (χ0v) is 59.2. The monoisotopic (exact) mass is 1490 g/mol. The Morgan fingerprint density at radius 2 is 1.14 bits per heavy atom. The first kappa shape index (κ1) is 76.0. The SMILES string of the molecule is COc1cc2c(cc1OCCCCCOc1cc3c(cc1OC)C(=O)N1C=C(C)C[C@H]1[C@H](O)N3C(=O)OCc1ccc(NC(=O)[C@H](C)NC(=O)[C@@H](NC(=O)CCOCCOCCOCCOCCOCCOCCN3C(=O)C(Br)=C(Br)C3=O)C(C)C)cc1)N=C[C@@H]1CC(C)=CN1C2=O. The van der Waals surface area contributed by atoms with E-state index >= 15 is 0 Å². The fourth-order valence-electron chi connectivity index (χ4n) is 11.0. The number of aliphatic hydroxyl groups is 1. The summed E-state index contributed by atoms with van der Waals surface area (Å²) >= 11 is 6.17. The van der Waals surface area contributed by atoms with Crippen LogP contribution in [-0.2, 0) is 63.7 Å². The van der Waals surface area contributed by atoms with Crippen molar-refractivity contribution in [3.63, 3.8) is 0 Å². The van der Waals surface area contributed by atoms with Gasteiger partial charge in [0.1, 0.15) is 27.7 Å². The van der Waals surface area contributed by atoms with E-state index in [1.807, 2.05) is 20.0 Å². The Bertz CT molecular complexity index is 3450. The second kappa shape index (κ2) is 37.4. The lowest BCUT2D eigenvalue weighted by molar-refractivity contribution is -0.138. The van der Waals surface area contributed by atoms with Gasteiger partial charge in [-0.2, -0.15) is 0 Å². The average molecular weight is 1500 g/mol. The van der Waals surface area contributed by atoms with Gasteiger partial charge in [0.05, 0.1) is 148 Å². The van der Waals surface area contributed by atoms with E-state index in [0.29, 0.717) is 119 Å². The Kier molecular flexibility index (Phi) is 29.0. The topological polar surface area (TPSA) is 320 Å².